The predicted octanol–water partition coefficient (Wildman–Crippen LogP) is 2.66. The summed E-state index contributed by atoms with van der Waals surface area (Å²) < 4.78 is 19.0. The van der Waals surface area contributed by atoms with Gasteiger partial charge >= 0.3 is 0 Å². The Labute approximate surface area is 107 Å². The highest BCUT2D eigenvalue weighted by atomic mass is 19.1. The smallest absolute Gasteiger partial charge is 0.132 e. The third-order valence-electron chi connectivity index (χ3n) is 3.20. The van der Waals surface area contributed by atoms with Gasteiger partial charge in [0.1, 0.15) is 18.2 Å². The second-order valence-electron chi connectivity index (χ2n) is 5.16. The van der Waals surface area contributed by atoms with E-state index >= 15 is 0 Å². The van der Waals surface area contributed by atoms with Crippen LogP contribution in [0.4, 0.5) is 4.39 Å². The Kier molecular flexibility index (Phi) is 4.71. The molecule has 1 rings (SSSR count). The lowest BCUT2D eigenvalue weighted by Gasteiger charge is -2.27. The molecule has 0 heterocycles. The van der Waals surface area contributed by atoms with Crippen LogP contribution in [-0.2, 0) is 0 Å². The van der Waals surface area contributed by atoms with Crippen molar-refractivity contribution in [3.8, 4) is 5.75 Å². The fourth-order valence-electron chi connectivity index (χ4n) is 1.33. The van der Waals surface area contributed by atoms with Gasteiger partial charge in [-0.15, -0.1) is 0 Å². The SMILES string of the molecule is CC(C)C(C)(O)COc1ccc([C@@H](C)O)c(F)c1. The molecule has 0 aliphatic carbocycles. The zero-order chi connectivity index (χ0) is 13.9. The standard InChI is InChI=1S/C14H21FO3/c1-9(2)14(4,17)8-18-11-5-6-12(10(3)16)13(15)7-11/h5-7,9-10,16-17H,8H2,1-4H3/t10-,14?/m1/s1. The summed E-state index contributed by atoms with van der Waals surface area (Å²) in [5, 5.41) is 19.3. The lowest BCUT2D eigenvalue weighted by molar-refractivity contribution is -0.0267. The molecule has 0 amide bonds. The Hall–Kier alpha value is -1.13. The first-order chi connectivity index (χ1) is 8.24. The van der Waals surface area contributed by atoms with Crippen molar-refractivity contribution < 1.29 is 19.3 Å². The Morgan fingerprint density at radius 3 is 2.39 bits per heavy atom. The molecule has 1 aromatic rings. The highest BCUT2D eigenvalue weighted by Crippen LogP contribution is 2.23. The van der Waals surface area contributed by atoms with Crippen LogP contribution in [0.5, 0.6) is 5.75 Å². The number of benzene rings is 1. The van der Waals surface area contributed by atoms with Crippen LogP contribution in [0, 0.1) is 11.7 Å². The molecule has 0 saturated carbocycles. The molecule has 18 heavy (non-hydrogen) atoms. The Bertz CT molecular complexity index is 400. The van der Waals surface area contributed by atoms with E-state index in [-0.39, 0.29) is 18.1 Å². The normalized spacial score (nSPS) is 16.4. The second kappa shape index (κ2) is 5.67. The van der Waals surface area contributed by atoms with E-state index in [1.807, 2.05) is 13.8 Å². The number of aliphatic hydroxyl groups is 2. The summed E-state index contributed by atoms with van der Waals surface area (Å²) in [5.41, 5.74) is -0.725. The minimum absolute atomic E-state index is 0.0408. The first kappa shape index (κ1) is 14.9. The van der Waals surface area contributed by atoms with E-state index in [9.17, 15) is 14.6 Å². The molecular weight excluding hydrogens is 235 g/mol. The molecule has 0 radical (unpaired) electrons. The first-order valence-corrected chi connectivity index (χ1v) is 6.06. The van der Waals surface area contributed by atoms with E-state index in [2.05, 4.69) is 0 Å². The summed E-state index contributed by atoms with van der Waals surface area (Å²) in [7, 11) is 0. The van der Waals surface area contributed by atoms with E-state index in [0.717, 1.165) is 0 Å². The van der Waals surface area contributed by atoms with Gasteiger partial charge in [-0.1, -0.05) is 13.8 Å². The van der Waals surface area contributed by atoms with Crippen LogP contribution in [0.2, 0.25) is 0 Å². The summed E-state index contributed by atoms with van der Waals surface area (Å²) in [6.07, 6.45) is -0.849. The lowest BCUT2D eigenvalue weighted by atomic mass is 9.94. The van der Waals surface area contributed by atoms with Gasteiger partial charge in [0.2, 0.25) is 0 Å². The molecule has 0 saturated heterocycles. The average Bonchev–Trinajstić information content (AvgIpc) is 2.25. The zero-order valence-electron chi connectivity index (χ0n) is 11.3. The number of aliphatic hydroxyl groups excluding tert-OH is 1. The molecule has 2 N–H and O–H groups in total. The Balaban J connectivity index is 2.73. The van der Waals surface area contributed by atoms with Crippen LogP contribution >= 0.6 is 0 Å². The number of halogens is 1. The highest BCUT2D eigenvalue weighted by Gasteiger charge is 2.25. The minimum atomic E-state index is -0.959. The van der Waals surface area contributed by atoms with Gasteiger partial charge in [0, 0.05) is 11.6 Å². The second-order valence-corrected chi connectivity index (χ2v) is 5.16. The molecule has 1 aromatic carbocycles. The van der Waals surface area contributed by atoms with Crippen LogP contribution in [-0.4, -0.2) is 22.4 Å². The van der Waals surface area contributed by atoms with Crippen LogP contribution in [0.25, 0.3) is 0 Å². The molecule has 2 atom stereocenters. The molecule has 0 aliphatic rings. The topological polar surface area (TPSA) is 49.7 Å². The van der Waals surface area contributed by atoms with Gasteiger partial charge in [0.05, 0.1) is 11.7 Å². The average molecular weight is 256 g/mol. The molecule has 0 aliphatic heterocycles. The number of ether oxygens (including phenoxy) is 1. The largest absolute Gasteiger partial charge is 0.490 e. The Morgan fingerprint density at radius 2 is 1.94 bits per heavy atom. The van der Waals surface area contributed by atoms with Crippen LogP contribution in [0.3, 0.4) is 0 Å². The van der Waals surface area contributed by atoms with Crippen molar-refractivity contribution >= 4 is 0 Å². The molecule has 0 aromatic heterocycles. The van der Waals surface area contributed by atoms with E-state index < -0.39 is 17.5 Å². The van der Waals surface area contributed by atoms with Crippen molar-refractivity contribution in [3.63, 3.8) is 0 Å². The summed E-state index contributed by atoms with van der Waals surface area (Å²) in [5.74, 6) is -0.122. The van der Waals surface area contributed by atoms with Gasteiger partial charge < -0.3 is 14.9 Å². The lowest BCUT2D eigenvalue weighted by Crippen LogP contribution is -2.37. The molecule has 0 bridgehead atoms. The Morgan fingerprint density at radius 1 is 1.33 bits per heavy atom. The summed E-state index contributed by atoms with van der Waals surface area (Å²) in [6, 6.07) is 4.29. The summed E-state index contributed by atoms with van der Waals surface area (Å²) in [4.78, 5) is 0. The predicted molar refractivity (Wildman–Crippen MR) is 68.0 cm³/mol. The number of hydrogen-bond donors (Lipinski definition) is 2. The van der Waals surface area contributed by atoms with Gasteiger partial charge in [-0.25, -0.2) is 4.39 Å². The third kappa shape index (κ3) is 3.68. The maximum Gasteiger partial charge on any atom is 0.132 e. The maximum absolute atomic E-state index is 13.6. The maximum atomic E-state index is 13.6. The summed E-state index contributed by atoms with van der Waals surface area (Å²) in [6.45, 7) is 7.06. The minimum Gasteiger partial charge on any atom is -0.490 e. The molecule has 1 unspecified atom stereocenters. The van der Waals surface area contributed by atoms with Gasteiger partial charge in [-0.05, 0) is 31.9 Å². The van der Waals surface area contributed by atoms with Crippen molar-refractivity contribution in [2.45, 2.75) is 39.4 Å². The van der Waals surface area contributed by atoms with E-state index in [0.29, 0.717) is 5.75 Å². The molecule has 0 spiro atoms. The van der Waals surface area contributed by atoms with Gasteiger partial charge in [-0.2, -0.15) is 0 Å². The first-order valence-electron chi connectivity index (χ1n) is 6.06. The van der Waals surface area contributed by atoms with E-state index in [4.69, 9.17) is 4.74 Å². The monoisotopic (exact) mass is 256 g/mol. The van der Waals surface area contributed by atoms with Crippen molar-refractivity contribution in [1.29, 1.82) is 0 Å². The van der Waals surface area contributed by atoms with E-state index in [1.165, 1.54) is 19.1 Å². The number of rotatable bonds is 5. The van der Waals surface area contributed by atoms with Crippen LogP contribution in [0.1, 0.15) is 39.4 Å². The fraction of sp³-hybridized carbons (Fsp3) is 0.571. The molecule has 3 nitrogen and oxygen atoms in total. The van der Waals surface area contributed by atoms with Crippen LogP contribution in [0.15, 0.2) is 18.2 Å². The van der Waals surface area contributed by atoms with Gasteiger partial charge in [0.25, 0.3) is 0 Å². The van der Waals surface area contributed by atoms with Crippen molar-refractivity contribution in [3.05, 3.63) is 29.6 Å². The van der Waals surface area contributed by atoms with Crippen molar-refractivity contribution in [1.82, 2.24) is 0 Å². The molecule has 4 heteroatoms. The van der Waals surface area contributed by atoms with E-state index in [1.54, 1.807) is 13.0 Å². The van der Waals surface area contributed by atoms with Gasteiger partial charge in [0.15, 0.2) is 0 Å². The molecular formula is C14H21FO3. The van der Waals surface area contributed by atoms with Crippen LogP contribution < -0.4 is 4.74 Å². The zero-order valence-corrected chi connectivity index (χ0v) is 11.3. The molecule has 0 fully saturated rings. The number of hydrogen-bond acceptors (Lipinski definition) is 3. The third-order valence-corrected chi connectivity index (χ3v) is 3.20. The molecule has 102 valence electrons. The summed E-state index contributed by atoms with van der Waals surface area (Å²) >= 11 is 0. The quantitative estimate of drug-likeness (QED) is 0.851. The van der Waals surface area contributed by atoms with Crippen molar-refractivity contribution in [2.24, 2.45) is 5.92 Å². The van der Waals surface area contributed by atoms with Crippen molar-refractivity contribution in [2.75, 3.05) is 6.61 Å². The highest BCUT2D eigenvalue weighted by molar-refractivity contribution is 5.30. The van der Waals surface area contributed by atoms with Gasteiger partial charge in [-0.3, -0.25) is 0 Å². The fourth-order valence-corrected chi connectivity index (χ4v) is 1.33.